The van der Waals surface area contributed by atoms with Crippen molar-refractivity contribution in [2.45, 2.75) is 6.61 Å². The molecule has 0 fully saturated rings. The normalized spacial score (nSPS) is 10.6. The molecule has 0 saturated heterocycles. The van der Waals surface area contributed by atoms with Gasteiger partial charge in [0.15, 0.2) is 0 Å². The van der Waals surface area contributed by atoms with Crippen molar-refractivity contribution in [2.24, 2.45) is 0 Å². The number of hydrogen-bond acceptors (Lipinski definition) is 5. The lowest BCUT2D eigenvalue weighted by atomic mass is 10.0. The Labute approximate surface area is 166 Å². The van der Waals surface area contributed by atoms with E-state index >= 15 is 0 Å². The number of carbonyl (C=O) groups excluding carboxylic acids is 1. The zero-order valence-electron chi connectivity index (χ0n) is 15.2. The first-order valence-corrected chi connectivity index (χ1v) is 8.64. The van der Waals surface area contributed by atoms with Crippen molar-refractivity contribution in [3.63, 3.8) is 0 Å². The number of benzene rings is 1. The lowest BCUT2D eigenvalue weighted by Crippen LogP contribution is -2.14. The van der Waals surface area contributed by atoms with Crippen LogP contribution >= 0.6 is 11.6 Å². The highest BCUT2D eigenvalue weighted by Crippen LogP contribution is 2.35. The van der Waals surface area contributed by atoms with Gasteiger partial charge in [0.1, 0.15) is 16.7 Å². The molecule has 0 aliphatic carbocycles. The third-order valence-electron chi connectivity index (χ3n) is 3.92. The minimum atomic E-state index is -0.419. The summed E-state index contributed by atoms with van der Waals surface area (Å²) in [6.45, 7) is 0.228. The number of anilines is 1. The molecule has 0 saturated carbocycles. The molecule has 3 rings (SSSR count). The van der Waals surface area contributed by atoms with E-state index in [4.69, 9.17) is 21.1 Å². The number of carbonyl (C=O) groups is 1. The molecule has 0 atom stereocenters. The Kier molecular flexibility index (Phi) is 6.18. The Balaban J connectivity index is 1.96. The van der Waals surface area contributed by atoms with Crippen LogP contribution in [0.15, 0.2) is 48.8 Å². The molecule has 8 heteroatoms. The highest BCUT2D eigenvalue weighted by atomic mass is 35.5. The maximum absolute atomic E-state index is 13.5. The van der Waals surface area contributed by atoms with Gasteiger partial charge >= 0.3 is 0 Å². The van der Waals surface area contributed by atoms with Crippen LogP contribution in [0.5, 0.6) is 5.75 Å². The first-order valence-electron chi connectivity index (χ1n) is 8.26. The lowest BCUT2D eigenvalue weighted by Gasteiger charge is -2.14. The van der Waals surface area contributed by atoms with Crippen LogP contribution in [-0.4, -0.2) is 30.1 Å². The summed E-state index contributed by atoms with van der Waals surface area (Å²) in [5.74, 6) is -0.467. The fourth-order valence-corrected chi connectivity index (χ4v) is 2.94. The molecule has 28 heavy (non-hydrogen) atoms. The molecule has 1 aromatic carbocycles. The number of hydrogen-bond donors (Lipinski definition) is 1. The summed E-state index contributed by atoms with van der Waals surface area (Å²) >= 11 is 6.00. The van der Waals surface area contributed by atoms with E-state index < -0.39 is 11.7 Å². The average molecular weight is 402 g/mol. The molecule has 0 aliphatic heterocycles. The molecule has 0 unspecified atom stereocenters. The van der Waals surface area contributed by atoms with E-state index in [1.807, 2.05) is 0 Å². The second kappa shape index (κ2) is 8.77. The first-order chi connectivity index (χ1) is 13.5. The molecular weight excluding hydrogens is 385 g/mol. The summed E-state index contributed by atoms with van der Waals surface area (Å²) in [7, 11) is 2.98. The number of methoxy groups -OCH3 is 2. The van der Waals surface area contributed by atoms with Crippen molar-refractivity contribution in [3.05, 3.63) is 71.0 Å². The van der Waals surface area contributed by atoms with Gasteiger partial charge in [0.2, 0.25) is 0 Å². The van der Waals surface area contributed by atoms with Crippen LogP contribution in [0.3, 0.4) is 0 Å². The van der Waals surface area contributed by atoms with Crippen molar-refractivity contribution >= 4 is 23.2 Å². The van der Waals surface area contributed by atoms with E-state index in [9.17, 15) is 9.18 Å². The van der Waals surface area contributed by atoms with Crippen LogP contribution < -0.4 is 10.1 Å². The van der Waals surface area contributed by atoms with Gasteiger partial charge in [0.25, 0.3) is 5.91 Å². The highest BCUT2D eigenvalue weighted by molar-refractivity contribution is 6.29. The van der Waals surface area contributed by atoms with Crippen LogP contribution in [-0.2, 0) is 11.3 Å². The number of nitrogens with one attached hydrogen (secondary N) is 1. The number of halogens is 2. The second-order valence-corrected chi connectivity index (χ2v) is 6.21. The van der Waals surface area contributed by atoms with Crippen molar-refractivity contribution in [3.8, 4) is 16.9 Å². The molecule has 3 aromatic rings. The third kappa shape index (κ3) is 4.44. The van der Waals surface area contributed by atoms with Gasteiger partial charge in [0, 0.05) is 36.1 Å². The van der Waals surface area contributed by atoms with Gasteiger partial charge < -0.3 is 14.8 Å². The summed E-state index contributed by atoms with van der Waals surface area (Å²) in [5, 5.41) is 3.00. The minimum absolute atomic E-state index is 0.186. The van der Waals surface area contributed by atoms with Crippen molar-refractivity contribution in [2.75, 3.05) is 19.5 Å². The lowest BCUT2D eigenvalue weighted by molar-refractivity contribution is 0.102. The predicted molar refractivity (Wildman–Crippen MR) is 104 cm³/mol. The number of amides is 1. The Morgan fingerprint density at radius 2 is 2.00 bits per heavy atom. The third-order valence-corrected chi connectivity index (χ3v) is 4.12. The summed E-state index contributed by atoms with van der Waals surface area (Å²) in [4.78, 5) is 20.9. The molecule has 1 N–H and O–H groups in total. The maximum Gasteiger partial charge on any atom is 0.255 e. The SMILES string of the molecule is COCc1cc(C(=O)Nc2cnccc2-c2ccc(F)cc2OC)cc(Cl)n1. The van der Waals surface area contributed by atoms with E-state index in [1.54, 1.807) is 24.4 Å². The Bertz CT molecular complexity index is 1010. The Hall–Kier alpha value is -3.03. The summed E-state index contributed by atoms with van der Waals surface area (Å²) in [6.07, 6.45) is 3.09. The van der Waals surface area contributed by atoms with Crippen molar-refractivity contribution in [1.29, 1.82) is 0 Å². The molecular formula is C20H17ClFN3O3. The zero-order valence-corrected chi connectivity index (χ0v) is 16.0. The van der Waals surface area contributed by atoms with Gasteiger partial charge in [-0.05, 0) is 30.3 Å². The molecule has 0 aliphatic rings. The highest BCUT2D eigenvalue weighted by Gasteiger charge is 2.15. The molecule has 0 bridgehead atoms. The van der Waals surface area contributed by atoms with Crippen LogP contribution in [0.1, 0.15) is 16.1 Å². The number of ether oxygens (including phenoxy) is 2. The maximum atomic E-state index is 13.5. The molecule has 2 heterocycles. The number of rotatable bonds is 6. The smallest absolute Gasteiger partial charge is 0.255 e. The molecule has 6 nitrogen and oxygen atoms in total. The number of pyridine rings is 2. The van der Waals surface area contributed by atoms with Gasteiger partial charge in [-0.1, -0.05) is 11.6 Å². The van der Waals surface area contributed by atoms with Gasteiger partial charge in [-0.25, -0.2) is 9.37 Å². The first kappa shape index (κ1) is 19.7. The van der Waals surface area contributed by atoms with E-state index in [2.05, 4.69) is 15.3 Å². The number of aromatic nitrogens is 2. The topological polar surface area (TPSA) is 73.3 Å². The fraction of sp³-hybridized carbons (Fsp3) is 0.150. The molecule has 0 spiro atoms. The minimum Gasteiger partial charge on any atom is -0.496 e. The largest absolute Gasteiger partial charge is 0.496 e. The summed E-state index contributed by atoms with van der Waals surface area (Å²) in [6, 6.07) is 8.95. The summed E-state index contributed by atoms with van der Waals surface area (Å²) < 4.78 is 23.8. The number of nitrogens with zero attached hydrogens (tertiary/aromatic N) is 2. The van der Waals surface area contributed by atoms with Gasteiger partial charge in [-0.15, -0.1) is 0 Å². The van der Waals surface area contributed by atoms with Crippen LogP contribution in [0, 0.1) is 5.82 Å². The summed E-state index contributed by atoms with van der Waals surface area (Å²) in [5.41, 5.74) is 2.56. The Morgan fingerprint density at radius 3 is 2.75 bits per heavy atom. The van der Waals surface area contributed by atoms with Crippen LogP contribution in [0.25, 0.3) is 11.1 Å². The van der Waals surface area contributed by atoms with E-state index in [-0.39, 0.29) is 11.8 Å². The Morgan fingerprint density at radius 1 is 1.18 bits per heavy atom. The van der Waals surface area contributed by atoms with Crippen molar-refractivity contribution in [1.82, 2.24) is 9.97 Å². The van der Waals surface area contributed by atoms with Crippen LogP contribution in [0.4, 0.5) is 10.1 Å². The van der Waals surface area contributed by atoms with E-state index in [1.165, 1.54) is 38.6 Å². The molecule has 1 amide bonds. The average Bonchev–Trinajstić information content (AvgIpc) is 2.68. The zero-order chi connectivity index (χ0) is 20.1. The van der Waals surface area contributed by atoms with E-state index in [0.717, 1.165) is 0 Å². The standard InChI is InChI=1S/C20H17ClFN3O3/c1-27-11-14-7-12(8-19(21)24-14)20(26)25-17-10-23-6-5-15(17)16-4-3-13(22)9-18(16)28-2/h3-10H,11H2,1-2H3,(H,25,26). The quantitative estimate of drug-likeness (QED) is 0.622. The molecule has 144 valence electrons. The molecule has 0 radical (unpaired) electrons. The predicted octanol–water partition coefficient (Wildman–Crippen LogP) is 4.34. The van der Waals surface area contributed by atoms with Crippen molar-refractivity contribution < 1.29 is 18.7 Å². The fourth-order valence-electron chi connectivity index (χ4n) is 2.72. The van der Waals surface area contributed by atoms with Gasteiger partial charge in [0.05, 0.1) is 31.3 Å². The van der Waals surface area contributed by atoms with Gasteiger partial charge in [-0.2, -0.15) is 0 Å². The van der Waals surface area contributed by atoms with Gasteiger partial charge in [-0.3, -0.25) is 9.78 Å². The molecule has 2 aromatic heterocycles. The monoisotopic (exact) mass is 401 g/mol. The second-order valence-electron chi connectivity index (χ2n) is 5.82. The van der Waals surface area contributed by atoms with Crippen LogP contribution in [0.2, 0.25) is 5.15 Å². The van der Waals surface area contributed by atoms with E-state index in [0.29, 0.717) is 33.8 Å².